The van der Waals surface area contributed by atoms with E-state index < -0.39 is 0 Å². The van der Waals surface area contributed by atoms with Gasteiger partial charge >= 0.3 is 5.97 Å². The number of carbonyl (C=O) groups is 1. The third-order valence-corrected chi connectivity index (χ3v) is 1.31. The lowest BCUT2D eigenvalue weighted by Crippen LogP contribution is -2.23. The Morgan fingerprint density at radius 2 is 2.20 bits per heavy atom. The van der Waals surface area contributed by atoms with Crippen molar-refractivity contribution in [1.29, 1.82) is 0 Å². The van der Waals surface area contributed by atoms with E-state index in [4.69, 9.17) is 5.73 Å². The van der Waals surface area contributed by atoms with Crippen molar-refractivity contribution in [1.82, 2.24) is 0 Å². The fraction of sp³-hybridized carbons (Fsp3) is 0.833. The predicted octanol–water partition coefficient (Wildman–Crippen LogP) is 0.566. The molecule has 0 fully saturated rings. The number of methoxy groups -OCH3 is 1. The summed E-state index contributed by atoms with van der Waals surface area (Å²) in [6.07, 6.45) is 0.753. The first kappa shape index (κ1) is 12.4. The van der Waals surface area contributed by atoms with Gasteiger partial charge in [0.2, 0.25) is 0 Å². The third kappa shape index (κ3) is 3.69. The van der Waals surface area contributed by atoms with Crippen LogP contribution in [-0.2, 0) is 9.53 Å². The molecular weight excluding hydrogens is 154 g/mol. The van der Waals surface area contributed by atoms with Crippen LogP contribution in [-0.4, -0.2) is 19.6 Å². The van der Waals surface area contributed by atoms with Crippen LogP contribution in [0.25, 0.3) is 0 Å². The Labute approximate surface area is 67.3 Å². The zero-order valence-electron chi connectivity index (χ0n) is 6.29. The second kappa shape index (κ2) is 6.83. The molecule has 0 aliphatic rings. The molecule has 4 heteroatoms. The predicted molar refractivity (Wildman–Crippen MR) is 42.1 cm³/mol. The topological polar surface area (TPSA) is 52.3 Å². The van der Waals surface area contributed by atoms with Gasteiger partial charge in [0.05, 0.1) is 13.0 Å². The smallest absolute Gasteiger partial charge is 0.309 e. The van der Waals surface area contributed by atoms with Crippen LogP contribution in [0.5, 0.6) is 0 Å². The van der Waals surface area contributed by atoms with Crippen molar-refractivity contribution in [2.75, 3.05) is 13.7 Å². The molecule has 0 aromatic heterocycles. The van der Waals surface area contributed by atoms with Crippen LogP contribution in [0.1, 0.15) is 13.3 Å². The molecule has 0 amide bonds. The van der Waals surface area contributed by atoms with Gasteiger partial charge < -0.3 is 10.5 Å². The van der Waals surface area contributed by atoms with Crippen molar-refractivity contribution in [3.05, 3.63) is 0 Å². The van der Waals surface area contributed by atoms with Crippen molar-refractivity contribution >= 4 is 18.4 Å². The molecule has 0 heterocycles. The van der Waals surface area contributed by atoms with Gasteiger partial charge in [-0.2, -0.15) is 0 Å². The summed E-state index contributed by atoms with van der Waals surface area (Å²) in [6, 6.07) is 0. The molecule has 0 saturated carbocycles. The summed E-state index contributed by atoms with van der Waals surface area (Å²) in [5.74, 6) is -0.324. The molecule has 0 aliphatic carbocycles. The molecule has 0 radical (unpaired) electrons. The molecule has 0 rings (SSSR count). The van der Waals surface area contributed by atoms with Gasteiger partial charge in [0.25, 0.3) is 0 Å². The van der Waals surface area contributed by atoms with Crippen LogP contribution in [0, 0.1) is 5.92 Å². The lowest BCUT2D eigenvalue weighted by Gasteiger charge is -2.07. The van der Waals surface area contributed by atoms with Gasteiger partial charge in [-0.1, -0.05) is 6.92 Å². The minimum atomic E-state index is -0.208. The van der Waals surface area contributed by atoms with Crippen LogP contribution in [0.15, 0.2) is 0 Å². The van der Waals surface area contributed by atoms with E-state index in [2.05, 4.69) is 4.74 Å². The molecule has 0 aliphatic heterocycles. The maximum atomic E-state index is 10.7. The summed E-state index contributed by atoms with van der Waals surface area (Å²) in [7, 11) is 1.38. The number of carbonyl (C=O) groups excluding carboxylic acids is 1. The Kier molecular flexibility index (Phi) is 8.48. The van der Waals surface area contributed by atoms with E-state index >= 15 is 0 Å². The van der Waals surface area contributed by atoms with E-state index in [1.54, 1.807) is 0 Å². The molecule has 0 aromatic carbocycles. The van der Waals surface area contributed by atoms with Crippen molar-refractivity contribution in [2.45, 2.75) is 13.3 Å². The van der Waals surface area contributed by atoms with Gasteiger partial charge in [0.1, 0.15) is 0 Å². The van der Waals surface area contributed by atoms with E-state index in [0.717, 1.165) is 6.42 Å². The molecule has 0 bridgehead atoms. The first-order chi connectivity index (χ1) is 4.26. The SMILES string of the molecule is CC[C@H](CN)C(=O)OC.Cl. The van der Waals surface area contributed by atoms with E-state index in [1.165, 1.54) is 7.11 Å². The van der Waals surface area contributed by atoms with Crippen LogP contribution < -0.4 is 5.73 Å². The summed E-state index contributed by atoms with van der Waals surface area (Å²) in [4.78, 5) is 10.7. The second-order valence-corrected chi connectivity index (χ2v) is 1.86. The van der Waals surface area contributed by atoms with E-state index in [-0.39, 0.29) is 24.3 Å². The number of hydrogen-bond donors (Lipinski definition) is 1. The molecule has 2 N–H and O–H groups in total. The molecule has 0 aromatic rings. The van der Waals surface area contributed by atoms with E-state index in [9.17, 15) is 4.79 Å². The fourth-order valence-corrected chi connectivity index (χ4v) is 0.596. The molecule has 0 saturated heterocycles. The van der Waals surface area contributed by atoms with Gasteiger partial charge in [-0.05, 0) is 6.42 Å². The van der Waals surface area contributed by atoms with Gasteiger partial charge in [-0.15, -0.1) is 12.4 Å². The highest BCUT2D eigenvalue weighted by molar-refractivity contribution is 5.85. The molecule has 1 atom stereocenters. The summed E-state index contributed by atoms with van der Waals surface area (Å²) in [6.45, 7) is 2.29. The Bertz CT molecular complexity index is 93.7. The van der Waals surface area contributed by atoms with Crippen LogP contribution in [0.3, 0.4) is 0 Å². The van der Waals surface area contributed by atoms with Gasteiger partial charge in [-0.3, -0.25) is 4.79 Å². The van der Waals surface area contributed by atoms with Gasteiger partial charge in [0, 0.05) is 6.54 Å². The lowest BCUT2D eigenvalue weighted by atomic mass is 10.1. The molecule has 0 unspecified atom stereocenters. The van der Waals surface area contributed by atoms with Crippen molar-refractivity contribution in [3.8, 4) is 0 Å². The quantitative estimate of drug-likeness (QED) is 0.626. The van der Waals surface area contributed by atoms with Crippen LogP contribution in [0.2, 0.25) is 0 Å². The first-order valence-corrected chi connectivity index (χ1v) is 3.04. The number of nitrogens with two attached hydrogens (primary N) is 1. The largest absolute Gasteiger partial charge is 0.469 e. The molecular formula is C6H14ClNO2. The van der Waals surface area contributed by atoms with Gasteiger partial charge in [-0.25, -0.2) is 0 Å². The maximum absolute atomic E-state index is 10.7. The number of ether oxygens (including phenoxy) is 1. The average molecular weight is 168 g/mol. The van der Waals surface area contributed by atoms with Crippen LogP contribution in [0.4, 0.5) is 0 Å². The third-order valence-electron chi connectivity index (χ3n) is 1.31. The molecule has 3 nitrogen and oxygen atoms in total. The Morgan fingerprint density at radius 1 is 1.70 bits per heavy atom. The zero-order chi connectivity index (χ0) is 7.28. The Morgan fingerprint density at radius 3 is 2.30 bits per heavy atom. The Balaban J connectivity index is 0. The summed E-state index contributed by atoms with van der Waals surface area (Å²) < 4.78 is 4.48. The molecule has 62 valence electrons. The zero-order valence-corrected chi connectivity index (χ0v) is 7.11. The lowest BCUT2D eigenvalue weighted by molar-refractivity contribution is -0.145. The molecule has 10 heavy (non-hydrogen) atoms. The first-order valence-electron chi connectivity index (χ1n) is 3.04. The second-order valence-electron chi connectivity index (χ2n) is 1.86. The standard InChI is InChI=1S/C6H13NO2.ClH/c1-3-5(4-7)6(8)9-2;/h5H,3-4,7H2,1-2H3;1H/t5-;/m1./s1. The van der Waals surface area contributed by atoms with E-state index in [1.807, 2.05) is 6.92 Å². The fourth-order valence-electron chi connectivity index (χ4n) is 0.596. The number of esters is 1. The minimum Gasteiger partial charge on any atom is -0.469 e. The number of rotatable bonds is 3. The molecule has 0 spiro atoms. The monoisotopic (exact) mass is 167 g/mol. The number of hydrogen-bond acceptors (Lipinski definition) is 3. The maximum Gasteiger partial charge on any atom is 0.309 e. The number of halogens is 1. The van der Waals surface area contributed by atoms with Crippen molar-refractivity contribution in [3.63, 3.8) is 0 Å². The van der Waals surface area contributed by atoms with Gasteiger partial charge in [0.15, 0.2) is 0 Å². The summed E-state index contributed by atoms with van der Waals surface area (Å²) in [5, 5.41) is 0. The van der Waals surface area contributed by atoms with Crippen molar-refractivity contribution < 1.29 is 9.53 Å². The van der Waals surface area contributed by atoms with Crippen molar-refractivity contribution in [2.24, 2.45) is 11.7 Å². The highest BCUT2D eigenvalue weighted by Crippen LogP contribution is 2.00. The minimum absolute atomic E-state index is 0. The highest BCUT2D eigenvalue weighted by atomic mass is 35.5. The normalized spacial score (nSPS) is 11.5. The summed E-state index contributed by atoms with van der Waals surface area (Å²) in [5.41, 5.74) is 5.26. The van der Waals surface area contributed by atoms with E-state index in [0.29, 0.717) is 6.54 Å². The average Bonchev–Trinajstić information content (AvgIpc) is 1.90. The Hall–Kier alpha value is -0.280. The highest BCUT2D eigenvalue weighted by Gasteiger charge is 2.13. The van der Waals surface area contributed by atoms with Crippen LogP contribution >= 0.6 is 12.4 Å². The summed E-state index contributed by atoms with van der Waals surface area (Å²) >= 11 is 0.